The van der Waals surface area contributed by atoms with Crippen LogP contribution in [0.1, 0.15) is 67.0 Å². The van der Waals surface area contributed by atoms with Crippen LogP contribution in [0.4, 0.5) is 21.4 Å². The third-order valence-electron chi connectivity index (χ3n) is 3.92. The Bertz CT molecular complexity index is 929. The SMILES string of the molecule is CCCCNc1nc(N(C(=O)OC(C)(C)C)C(=O)OC(C)(C)C)ncc1OCc1cccnn1. The second kappa shape index (κ2) is 11.6. The fourth-order valence-electron chi connectivity index (χ4n) is 2.50. The molecule has 0 unspecified atom stereocenters. The molecule has 11 heteroatoms. The summed E-state index contributed by atoms with van der Waals surface area (Å²) in [6.07, 6.45) is 2.90. The van der Waals surface area contributed by atoms with Gasteiger partial charge in [-0.25, -0.2) is 14.6 Å². The van der Waals surface area contributed by atoms with Gasteiger partial charge in [0.2, 0.25) is 5.95 Å². The van der Waals surface area contributed by atoms with E-state index >= 15 is 0 Å². The van der Waals surface area contributed by atoms with E-state index in [0.29, 0.717) is 28.7 Å². The third kappa shape index (κ3) is 8.80. The van der Waals surface area contributed by atoms with Crippen molar-refractivity contribution < 1.29 is 23.8 Å². The minimum atomic E-state index is -0.950. The topological polar surface area (TPSA) is 129 Å². The number of amides is 2. The highest BCUT2D eigenvalue weighted by molar-refractivity contribution is 6.08. The number of ether oxygens (including phenoxy) is 3. The molecular formula is C23H34N6O5. The van der Waals surface area contributed by atoms with Gasteiger partial charge in [0.15, 0.2) is 11.6 Å². The molecule has 0 saturated carbocycles. The second-order valence-electron chi connectivity index (χ2n) is 9.46. The standard InChI is InChI=1S/C23H34N6O5/c1-8-9-12-24-18-17(32-15-16-11-10-13-26-28-16)14-25-19(27-18)29(20(30)33-22(2,3)4)21(31)34-23(5,6)7/h10-11,13-14H,8-9,12,15H2,1-7H3,(H,24,25,27). The van der Waals surface area contributed by atoms with Crippen molar-refractivity contribution in [2.24, 2.45) is 0 Å². The van der Waals surface area contributed by atoms with Crippen LogP contribution in [0.5, 0.6) is 5.75 Å². The van der Waals surface area contributed by atoms with Gasteiger partial charge in [0.25, 0.3) is 0 Å². The summed E-state index contributed by atoms with van der Waals surface area (Å²) >= 11 is 0. The third-order valence-corrected chi connectivity index (χ3v) is 3.92. The molecule has 1 N–H and O–H groups in total. The van der Waals surface area contributed by atoms with Gasteiger partial charge in [0.05, 0.1) is 6.20 Å². The zero-order valence-electron chi connectivity index (χ0n) is 20.9. The summed E-state index contributed by atoms with van der Waals surface area (Å²) in [4.78, 5) is 35.1. The van der Waals surface area contributed by atoms with Gasteiger partial charge in [-0.3, -0.25) is 0 Å². The zero-order chi connectivity index (χ0) is 25.4. The molecule has 0 aliphatic carbocycles. The summed E-state index contributed by atoms with van der Waals surface area (Å²) in [6, 6.07) is 3.53. The van der Waals surface area contributed by atoms with E-state index < -0.39 is 23.4 Å². The Kier molecular flexibility index (Phi) is 9.11. The van der Waals surface area contributed by atoms with Gasteiger partial charge in [-0.1, -0.05) is 13.3 Å². The number of hydrogen-bond acceptors (Lipinski definition) is 10. The molecule has 0 spiro atoms. The number of nitrogens with one attached hydrogen (secondary N) is 1. The maximum Gasteiger partial charge on any atom is 0.427 e. The summed E-state index contributed by atoms with van der Waals surface area (Å²) < 4.78 is 16.6. The molecule has 0 saturated heterocycles. The maximum atomic E-state index is 12.9. The van der Waals surface area contributed by atoms with Crippen LogP contribution in [0.3, 0.4) is 0 Å². The van der Waals surface area contributed by atoms with Gasteiger partial charge in [-0.15, -0.1) is 4.90 Å². The summed E-state index contributed by atoms with van der Waals surface area (Å²) in [5.74, 6) is 0.452. The molecule has 2 rings (SSSR count). The predicted octanol–water partition coefficient (Wildman–Crippen LogP) is 4.73. The van der Waals surface area contributed by atoms with E-state index in [1.807, 2.05) is 0 Å². The second-order valence-corrected chi connectivity index (χ2v) is 9.46. The Hall–Kier alpha value is -3.50. The molecule has 0 radical (unpaired) electrons. The minimum absolute atomic E-state index is 0.140. The normalized spacial score (nSPS) is 11.5. The van der Waals surface area contributed by atoms with Gasteiger partial charge in [-0.05, 0) is 60.1 Å². The molecule has 2 amide bonds. The molecule has 0 aliphatic heterocycles. The Morgan fingerprint density at radius 2 is 1.71 bits per heavy atom. The summed E-state index contributed by atoms with van der Waals surface area (Å²) in [6.45, 7) is 13.0. The summed E-state index contributed by atoms with van der Waals surface area (Å²) in [5, 5.41) is 11.0. The first-order valence-corrected chi connectivity index (χ1v) is 11.2. The number of imide groups is 1. The van der Waals surface area contributed by atoms with E-state index in [1.165, 1.54) is 6.20 Å². The number of aromatic nitrogens is 4. The molecule has 0 aromatic carbocycles. The van der Waals surface area contributed by atoms with Gasteiger partial charge in [0.1, 0.15) is 23.5 Å². The molecule has 34 heavy (non-hydrogen) atoms. The zero-order valence-corrected chi connectivity index (χ0v) is 20.9. The van der Waals surface area contributed by atoms with Crippen LogP contribution in [0, 0.1) is 0 Å². The first-order valence-electron chi connectivity index (χ1n) is 11.2. The highest BCUT2D eigenvalue weighted by Crippen LogP contribution is 2.26. The lowest BCUT2D eigenvalue weighted by Crippen LogP contribution is -2.44. The maximum absolute atomic E-state index is 12.9. The Morgan fingerprint density at radius 3 is 2.24 bits per heavy atom. The molecule has 11 nitrogen and oxygen atoms in total. The van der Waals surface area contributed by atoms with Crippen molar-refractivity contribution in [3.05, 3.63) is 30.2 Å². The highest BCUT2D eigenvalue weighted by Gasteiger charge is 2.35. The molecule has 2 aromatic rings. The molecule has 0 atom stereocenters. The minimum Gasteiger partial charge on any atom is -0.482 e. The molecule has 186 valence electrons. The van der Waals surface area contributed by atoms with E-state index in [4.69, 9.17) is 14.2 Å². The van der Waals surface area contributed by atoms with E-state index in [1.54, 1.807) is 59.9 Å². The van der Waals surface area contributed by atoms with Crippen LogP contribution in [0.15, 0.2) is 24.5 Å². The average Bonchev–Trinajstić information content (AvgIpc) is 2.71. The van der Waals surface area contributed by atoms with Crippen LogP contribution >= 0.6 is 0 Å². The monoisotopic (exact) mass is 474 g/mol. The number of carbonyl (C=O) groups excluding carboxylic acids is 2. The average molecular weight is 475 g/mol. The number of carbonyl (C=O) groups is 2. The molecule has 0 fully saturated rings. The summed E-state index contributed by atoms with van der Waals surface area (Å²) in [5.41, 5.74) is -1.08. The Balaban J connectivity index is 2.39. The number of nitrogens with zero attached hydrogens (tertiary/aromatic N) is 5. The van der Waals surface area contributed by atoms with E-state index in [0.717, 1.165) is 12.8 Å². The first-order chi connectivity index (χ1) is 15.9. The van der Waals surface area contributed by atoms with Crippen molar-refractivity contribution in [2.75, 3.05) is 16.8 Å². The van der Waals surface area contributed by atoms with Gasteiger partial charge >= 0.3 is 12.2 Å². The molecule has 2 heterocycles. The van der Waals surface area contributed by atoms with Crippen LogP contribution in [0.2, 0.25) is 0 Å². The predicted molar refractivity (Wildman–Crippen MR) is 127 cm³/mol. The van der Waals surface area contributed by atoms with Gasteiger partial charge in [0, 0.05) is 12.7 Å². The fraction of sp³-hybridized carbons (Fsp3) is 0.565. The van der Waals surface area contributed by atoms with E-state index in [9.17, 15) is 9.59 Å². The number of anilines is 2. The van der Waals surface area contributed by atoms with Crippen LogP contribution < -0.4 is 15.0 Å². The van der Waals surface area contributed by atoms with Crippen molar-refractivity contribution in [1.29, 1.82) is 0 Å². The molecule has 0 aliphatic rings. The quantitative estimate of drug-likeness (QED) is 0.536. The van der Waals surface area contributed by atoms with Crippen molar-refractivity contribution >= 4 is 24.0 Å². The highest BCUT2D eigenvalue weighted by atomic mass is 16.6. The lowest BCUT2D eigenvalue weighted by atomic mass is 10.2. The van der Waals surface area contributed by atoms with Crippen molar-refractivity contribution in [3.8, 4) is 5.75 Å². The van der Waals surface area contributed by atoms with E-state index in [-0.39, 0.29) is 12.6 Å². The van der Waals surface area contributed by atoms with Crippen molar-refractivity contribution in [3.63, 3.8) is 0 Å². The number of rotatable bonds is 8. The molecular weight excluding hydrogens is 440 g/mol. The van der Waals surface area contributed by atoms with Crippen LogP contribution in [-0.4, -0.2) is 50.1 Å². The van der Waals surface area contributed by atoms with Crippen molar-refractivity contribution in [1.82, 2.24) is 20.2 Å². The first kappa shape index (κ1) is 26.7. The largest absolute Gasteiger partial charge is 0.482 e. The Labute approximate surface area is 200 Å². The Morgan fingerprint density at radius 1 is 1.06 bits per heavy atom. The van der Waals surface area contributed by atoms with Crippen LogP contribution in [-0.2, 0) is 16.1 Å². The van der Waals surface area contributed by atoms with Crippen molar-refractivity contribution in [2.45, 2.75) is 79.1 Å². The number of unbranched alkanes of at least 4 members (excludes halogenated alkanes) is 1. The molecule has 0 bridgehead atoms. The van der Waals surface area contributed by atoms with Gasteiger partial charge < -0.3 is 19.5 Å². The smallest absolute Gasteiger partial charge is 0.427 e. The number of hydrogen-bond donors (Lipinski definition) is 1. The molecule has 2 aromatic heterocycles. The lowest BCUT2D eigenvalue weighted by Gasteiger charge is -2.27. The van der Waals surface area contributed by atoms with E-state index in [2.05, 4.69) is 32.4 Å². The lowest BCUT2D eigenvalue weighted by molar-refractivity contribution is 0.0427. The van der Waals surface area contributed by atoms with Gasteiger partial charge in [-0.2, -0.15) is 15.2 Å². The summed E-state index contributed by atoms with van der Waals surface area (Å²) in [7, 11) is 0. The van der Waals surface area contributed by atoms with Crippen LogP contribution in [0.25, 0.3) is 0 Å². The fourth-order valence-corrected chi connectivity index (χ4v) is 2.50.